The van der Waals surface area contributed by atoms with Gasteiger partial charge >= 0.3 is 0 Å². The summed E-state index contributed by atoms with van der Waals surface area (Å²) in [5.41, 5.74) is 8.78. The van der Waals surface area contributed by atoms with Gasteiger partial charge in [-0.25, -0.2) is 4.99 Å². The number of hydrogen-bond acceptors (Lipinski definition) is 7. The second-order valence-corrected chi connectivity index (χ2v) is 10.5. The molecule has 1 saturated heterocycles. The minimum Gasteiger partial charge on any atom is -0.492 e. The van der Waals surface area contributed by atoms with Crippen molar-refractivity contribution in [3.63, 3.8) is 0 Å². The van der Waals surface area contributed by atoms with Gasteiger partial charge in [0.2, 0.25) is 5.91 Å². The number of primary amides is 1. The Balaban J connectivity index is 1.58. The van der Waals surface area contributed by atoms with Crippen LogP contribution in [-0.4, -0.2) is 35.5 Å². The minimum absolute atomic E-state index is 0.0963. The number of fused-ring (bicyclic) bond motifs is 1. The zero-order valence-electron chi connectivity index (χ0n) is 20.5. The number of nitrogens with zero attached hydrogens (tertiary/aromatic N) is 3. The van der Waals surface area contributed by atoms with Crippen molar-refractivity contribution in [3.05, 3.63) is 93.9 Å². The minimum atomic E-state index is -0.424. The van der Waals surface area contributed by atoms with Crippen molar-refractivity contribution in [2.75, 3.05) is 18.6 Å². The second-order valence-electron chi connectivity index (χ2n) is 8.51. The second kappa shape index (κ2) is 10.7. The van der Waals surface area contributed by atoms with E-state index < -0.39 is 5.91 Å². The summed E-state index contributed by atoms with van der Waals surface area (Å²) in [7, 11) is 1.98. The molecule has 0 aromatic heterocycles. The molecule has 7 nitrogen and oxygen atoms in total. The zero-order chi connectivity index (χ0) is 25.9. The lowest BCUT2D eigenvalue weighted by Gasteiger charge is -2.17. The Morgan fingerprint density at radius 3 is 2.49 bits per heavy atom. The van der Waals surface area contributed by atoms with E-state index in [0.29, 0.717) is 34.7 Å². The van der Waals surface area contributed by atoms with Crippen LogP contribution in [0.2, 0.25) is 0 Å². The van der Waals surface area contributed by atoms with Crippen LogP contribution >= 0.6 is 23.5 Å². The van der Waals surface area contributed by atoms with E-state index >= 15 is 0 Å². The maximum atomic E-state index is 13.9. The van der Waals surface area contributed by atoms with Gasteiger partial charge in [-0.2, -0.15) is 0 Å². The number of aliphatic imine (C=N–C) groups is 1. The van der Waals surface area contributed by atoms with Gasteiger partial charge in [0.25, 0.3) is 5.91 Å². The molecule has 0 spiro atoms. The van der Waals surface area contributed by atoms with Gasteiger partial charge in [0, 0.05) is 11.9 Å². The third kappa shape index (κ3) is 5.23. The number of thioether (sulfide) groups is 2. The van der Waals surface area contributed by atoms with Gasteiger partial charge in [-0.1, -0.05) is 60.3 Å². The average Bonchev–Trinajstić information content (AvgIpc) is 3.37. The number of ether oxygens (including phenoxy) is 1. The predicted molar refractivity (Wildman–Crippen MR) is 150 cm³/mol. The van der Waals surface area contributed by atoms with Crippen molar-refractivity contribution in [1.29, 1.82) is 0 Å². The largest absolute Gasteiger partial charge is 0.492 e. The molecule has 2 aliphatic rings. The quantitative estimate of drug-likeness (QED) is 0.418. The van der Waals surface area contributed by atoms with E-state index in [2.05, 4.69) is 17.0 Å². The van der Waals surface area contributed by atoms with E-state index in [1.807, 2.05) is 62.5 Å². The number of rotatable bonds is 7. The number of anilines is 1. The number of benzene rings is 3. The van der Waals surface area contributed by atoms with E-state index in [1.165, 1.54) is 11.8 Å². The van der Waals surface area contributed by atoms with Crippen LogP contribution in [-0.2, 0) is 22.6 Å². The number of carbonyl (C=O) groups is 2. The highest BCUT2D eigenvalue weighted by molar-refractivity contribution is 8.19. The monoisotopic (exact) mass is 530 g/mol. The maximum Gasteiger partial charge on any atom is 0.269 e. The normalized spacial score (nSPS) is 18.0. The number of nitrogens with two attached hydrogens (primary N) is 1. The average molecular weight is 531 g/mol. The number of hydrogen-bond donors (Lipinski definition) is 1. The standard InChI is InChI=1S/C28H26N4O3S2/c1-3-35-22-14-13-19(16-24(29)33)15-20(22)30-28-32(17-18-9-5-4-6-10-18)26(34)25(37-28)27-31(2)21-11-7-8-12-23(21)36-27/h4-15H,3,16-17H2,1-2H3,(H2,29,33). The summed E-state index contributed by atoms with van der Waals surface area (Å²) in [5.74, 6) is 0.0598. The summed E-state index contributed by atoms with van der Waals surface area (Å²) in [6.07, 6.45) is 0.0963. The first-order valence-electron chi connectivity index (χ1n) is 11.9. The number of amidine groups is 1. The lowest BCUT2D eigenvalue weighted by Crippen LogP contribution is -2.29. The van der Waals surface area contributed by atoms with Crippen molar-refractivity contribution in [1.82, 2.24) is 4.90 Å². The maximum absolute atomic E-state index is 13.9. The summed E-state index contributed by atoms with van der Waals surface area (Å²) < 4.78 is 5.81. The molecule has 0 unspecified atom stereocenters. The summed E-state index contributed by atoms with van der Waals surface area (Å²) >= 11 is 2.94. The van der Waals surface area contributed by atoms with Gasteiger partial charge in [0.15, 0.2) is 5.17 Å². The molecular weight excluding hydrogens is 504 g/mol. The molecule has 0 bridgehead atoms. The Bertz CT molecular complexity index is 1420. The molecule has 2 amide bonds. The van der Waals surface area contributed by atoms with Gasteiger partial charge in [0.05, 0.1) is 30.3 Å². The molecule has 3 aromatic carbocycles. The summed E-state index contributed by atoms with van der Waals surface area (Å²) in [6, 6.07) is 23.3. The molecule has 2 N–H and O–H groups in total. The third-order valence-electron chi connectivity index (χ3n) is 5.90. The lowest BCUT2D eigenvalue weighted by atomic mass is 10.1. The van der Waals surface area contributed by atoms with E-state index in [0.717, 1.165) is 26.7 Å². The van der Waals surface area contributed by atoms with E-state index in [1.54, 1.807) is 28.8 Å². The Hall–Kier alpha value is -3.69. The van der Waals surface area contributed by atoms with Crippen molar-refractivity contribution in [2.45, 2.75) is 24.8 Å². The molecule has 5 rings (SSSR count). The summed E-state index contributed by atoms with van der Waals surface area (Å²) in [5, 5.41) is 1.44. The van der Waals surface area contributed by atoms with Crippen LogP contribution in [0.5, 0.6) is 5.75 Å². The van der Waals surface area contributed by atoms with Gasteiger partial charge < -0.3 is 15.4 Å². The molecule has 0 atom stereocenters. The Morgan fingerprint density at radius 2 is 1.76 bits per heavy atom. The SMILES string of the molecule is CCOc1ccc(CC(N)=O)cc1N=C1SC(=C2Sc3ccccc3N2C)C(=O)N1Cc1ccccc1. The van der Waals surface area contributed by atoms with Gasteiger partial charge in [-0.15, -0.1) is 0 Å². The van der Waals surface area contributed by atoms with Crippen LogP contribution in [0.4, 0.5) is 11.4 Å². The molecule has 37 heavy (non-hydrogen) atoms. The Labute approximate surface area is 224 Å². The molecule has 2 aliphatic heterocycles. The fraction of sp³-hybridized carbons (Fsp3) is 0.179. The highest BCUT2D eigenvalue weighted by atomic mass is 32.2. The van der Waals surface area contributed by atoms with E-state index in [4.69, 9.17) is 15.5 Å². The van der Waals surface area contributed by atoms with Crippen LogP contribution in [0.1, 0.15) is 18.1 Å². The first-order chi connectivity index (χ1) is 17.9. The molecule has 0 radical (unpaired) electrons. The van der Waals surface area contributed by atoms with Crippen molar-refractivity contribution in [3.8, 4) is 5.75 Å². The molecule has 0 saturated carbocycles. The van der Waals surface area contributed by atoms with Crippen LogP contribution in [0.15, 0.2) is 92.6 Å². The Kier molecular flexibility index (Phi) is 7.25. The smallest absolute Gasteiger partial charge is 0.269 e. The van der Waals surface area contributed by atoms with E-state index in [-0.39, 0.29) is 12.3 Å². The molecule has 188 valence electrons. The van der Waals surface area contributed by atoms with Gasteiger partial charge in [-0.3, -0.25) is 14.5 Å². The van der Waals surface area contributed by atoms with Crippen LogP contribution in [0, 0.1) is 0 Å². The van der Waals surface area contributed by atoms with Crippen LogP contribution in [0.25, 0.3) is 0 Å². The first-order valence-corrected chi connectivity index (χ1v) is 13.5. The fourth-order valence-corrected chi connectivity index (χ4v) is 6.50. The molecule has 9 heteroatoms. The molecule has 1 fully saturated rings. The number of para-hydroxylation sites is 1. The predicted octanol–water partition coefficient (Wildman–Crippen LogP) is 5.29. The topological polar surface area (TPSA) is 88.2 Å². The lowest BCUT2D eigenvalue weighted by molar-refractivity contribution is -0.122. The highest BCUT2D eigenvalue weighted by Crippen LogP contribution is 2.50. The Morgan fingerprint density at radius 1 is 1.00 bits per heavy atom. The zero-order valence-corrected chi connectivity index (χ0v) is 22.1. The van der Waals surface area contributed by atoms with E-state index in [9.17, 15) is 9.59 Å². The van der Waals surface area contributed by atoms with Gasteiger partial charge in [-0.05, 0) is 54.1 Å². The van der Waals surface area contributed by atoms with Crippen molar-refractivity contribution >= 4 is 51.9 Å². The highest BCUT2D eigenvalue weighted by Gasteiger charge is 2.39. The summed E-state index contributed by atoms with van der Waals surface area (Å²) in [4.78, 5) is 35.8. The summed E-state index contributed by atoms with van der Waals surface area (Å²) in [6.45, 7) is 2.74. The number of carbonyl (C=O) groups excluding carboxylic acids is 2. The van der Waals surface area contributed by atoms with Crippen molar-refractivity contribution in [2.24, 2.45) is 10.7 Å². The van der Waals surface area contributed by atoms with Crippen LogP contribution in [0.3, 0.4) is 0 Å². The fourth-order valence-electron chi connectivity index (χ4n) is 4.17. The molecular formula is C28H26N4O3S2. The number of amides is 2. The van der Waals surface area contributed by atoms with Crippen LogP contribution < -0.4 is 15.4 Å². The third-order valence-corrected chi connectivity index (χ3v) is 8.33. The van der Waals surface area contributed by atoms with Gasteiger partial charge in [0.1, 0.15) is 16.3 Å². The first kappa shape index (κ1) is 25.0. The molecule has 3 aromatic rings. The molecule has 0 aliphatic carbocycles. The van der Waals surface area contributed by atoms with Crippen molar-refractivity contribution < 1.29 is 14.3 Å². The molecule has 2 heterocycles.